The first-order chi connectivity index (χ1) is 13.7. The molecule has 0 unspecified atom stereocenters. The molecule has 2 aliphatic heterocycles. The molecule has 3 heterocycles. The van der Waals surface area contributed by atoms with Gasteiger partial charge in [-0.15, -0.1) is 0 Å². The number of nitrogens with zero attached hydrogens (tertiary/aromatic N) is 2. The van der Waals surface area contributed by atoms with Crippen LogP contribution in [-0.4, -0.2) is 39.3 Å². The third-order valence-electron chi connectivity index (χ3n) is 5.98. The number of aromatic nitrogens is 1. The first kappa shape index (κ1) is 17.0. The van der Waals surface area contributed by atoms with E-state index in [-0.39, 0.29) is 18.0 Å². The van der Waals surface area contributed by atoms with E-state index < -0.39 is 6.04 Å². The van der Waals surface area contributed by atoms with Crippen molar-refractivity contribution in [2.45, 2.75) is 38.3 Å². The van der Waals surface area contributed by atoms with E-state index >= 15 is 0 Å². The van der Waals surface area contributed by atoms with Gasteiger partial charge in [0.1, 0.15) is 12.1 Å². The Kier molecular flexibility index (Phi) is 3.97. The molecule has 2 atom stereocenters. The summed E-state index contributed by atoms with van der Waals surface area (Å²) in [4.78, 5) is 33.2. The first-order valence-corrected chi connectivity index (χ1v) is 9.98. The lowest BCUT2D eigenvalue weighted by atomic mass is 9.89. The van der Waals surface area contributed by atoms with Crippen molar-refractivity contribution in [1.82, 2.24) is 14.8 Å². The van der Waals surface area contributed by atoms with E-state index in [4.69, 9.17) is 0 Å². The van der Waals surface area contributed by atoms with Crippen molar-refractivity contribution in [2.24, 2.45) is 0 Å². The molecule has 5 rings (SSSR count). The highest BCUT2D eigenvalue weighted by molar-refractivity contribution is 6.05. The molecule has 2 aliphatic rings. The van der Waals surface area contributed by atoms with E-state index in [2.05, 4.69) is 24.0 Å². The fourth-order valence-corrected chi connectivity index (χ4v) is 4.63. The number of nitrogens with one attached hydrogen (secondary N) is 1. The number of benzene rings is 2. The van der Waals surface area contributed by atoms with Gasteiger partial charge in [-0.2, -0.15) is 0 Å². The van der Waals surface area contributed by atoms with E-state index in [1.807, 2.05) is 42.5 Å². The third-order valence-corrected chi connectivity index (χ3v) is 5.98. The summed E-state index contributed by atoms with van der Waals surface area (Å²) in [6.45, 7) is 2.57. The first-order valence-electron chi connectivity index (χ1n) is 9.98. The molecular formula is C23H23N3O2. The third kappa shape index (κ3) is 2.39. The number of carbonyl (C=O) groups is 2. The quantitative estimate of drug-likeness (QED) is 0.695. The van der Waals surface area contributed by atoms with Gasteiger partial charge in [-0.05, 0) is 23.6 Å². The molecule has 28 heavy (non-hydrogen) atoms. The van der Waals surface area contributed by atoms with E-state index in [1.54, 1.807) is 4.90 Å². The van der Waals surface area contributed by atoms with Crippen molar-refractivity contribution in [1.29, 1.82) is 0 Å². The van der Waals surface area contributed by atoms with Gasteiger partial charge in [0.05, 0.1) is 0 Å². The van der Waals surface area contributed by atoms with E-state index in [1.165, 1.54) is 4.90 Å². The van der Waals surface area contributed by atoms with Crippen LogP contribution >= 0.6 is 0 Å². The molecule has 1 fully saturated rings. The predicted octanol–water partition coefficient (Wildman–Crippen LogP) is 4.25. The van der Waals surface area contributed by atoms with Crippen LogP contribution in [0.1, 0.15) is 42.6 Å². The van der Waals surface area contributed by atoms with Crippen molar-refractivity contribution in [3.8, 4) is 0 Å². The second-order valence-corrected chi connectivity index (χ2v) is 7.63. The second kappa shape index (κ2) is 6.51. The topological polar surface area (TPSA) is 56.4 Å². The Bertz CT molecular complexity index is 1060. The minimum absolute atomic E-state index is 0.0599. The van der Waals surface area contributed by atoms with Crippen LogP contribution in [0.25, 0.3) is 10.9 Å². The number of hydrogen-bond acceptors (Lipinski definition) is 2. The van der Waals surface area contributed by atoms with Crippen LogP contribution in [0.15, 0.2) is 54.6 Å². The normalized spacial score (nSPS) is 21.3. The largest absolute Gasteiger partial charge is 0.356 e. The fourth-order valence-electron chi connectivity index (χ4n) is 4.63. The minimum atomic E-state index is -0.429. The van der Waals surface area contributed by atoms with Crippen LogP contribution in [0, 0.1) is 0 Å². The van der Waals surface area contributed by atoms with E-state index in [0.717, 1.165) is 40.6 Å². The lowest BCUT2D eigenvalue weighted by molar-refractivity contribution is -0.128. The van der Waals surface area contributed by atoms with Crippen molar-refractivity contribution in [2.75, 3.05) is 6.54 Å². The Balaban J connectivity index is 1.68. The Morgan fingerprint density at radius 1 is 1.04 bits per heavy atom. The van der Waals surface area contributed by atoms with Gasteiger partial charge >= 0.3 is 6.03 Å². The van der Waals surface area contributed by atoms with Crippen molar-refractivity contribution < 1.29 is 9.59 Å². The van der Waals surface area contributed by atoms with Crippen LogP contribution in [0.4, 0.5) is 4.79 Å². The molecule has 2 aromatic carbocycles. The van der Waals surface area contributed by atoms with Crippen LogP contribution in [0.3, 0.4) is 0 Å². The lowest BCUT2D eigenvalue weighted by Crippen LogP contribution is -2.44. The summed E-state index contributed by atoms with van der Waals surface area (Å²) >= 11 is 0. The summed E-state index contributed by atoms with van der Waals surface area (Å²) in [7, 11) is 0. The maximum Gasteiger partial charge on any atom is 0.328 e. The van der Waals surface area contributed by atoms with Gasteiger partial charge < -0.3 is 4.98 Å². The molecule has 1 aromatic heterocycles. The predicted molar refractivity (Wildman–Crippen MR) is 108 cm³/mol. The Morgan fingerprint density at radius 2 is 1.79 bits per heavy atom. The molecule has 1 saturated heterocycles. The molecule has 0 aliphatic carbocycles. The monoisotopic (exact) mass is 373 g/mol. The summed E-state index contributed by atoms with van der Waals surface area (Å²) in [6.07, 6.45) is 2.35. The van der Waals surface area contributed by atoms with E-state index in [9.17, 15) is 9.59 Å². The number of unbranched alkanes of at least 4 members (excludes halogenated alkanes) is 1. The number of carbonyl (C=O) groups excluding carboxylic acids is 2. The molecule has 5 heteroatoms. The fraction of sp³-hybridized carbons (Fsp3) is 0.304. The number of rotatable bonds is 4. The average Bonchev–Trinajstić information content (AvgIpc) is 3.21. The molecule has 1 N–H and O–H groups in total. The Morgan fingerprint density at radius 3 is 2.57 bits per heavy atom. The highest BCUT2D eigenvalue weighted by Gasteiger charge is 2.52. The van der Waals surface area contributed by atoms with Crippen LogP contribution < -0.4 is 0 Å². The lowest BCUT2D eigenvalue weighted by Gasteiger charge is -2.36. The second-order valence-electron chi connectivity index (χ2n) is 7.63. The maximum atomic E-state index is 13.3. The summed E-state index contributed by atoms with van der Waals surface area (Å²) in [5, 5.41) is 1.14. The number of aromatic amines is 1. The number of amides is 3. The highest BCUT2D eigenvalue weighted by atomic mass is 16.2. The van der Waals surface area contributed by atoms with Gasteiger partial charge in [0.2, 0.25) is 0 Å². The zero-order valence-corrected chi connectivity index (χ0v) is 15.9. The van der Waals surface area contributed by atoms with Crippen molar-refractivity contribution in [3.05, 3.63) is 71.4 Å². The maximum absolute atomic E-state index is 13.3. The molecular weight excluding hydrogens is 350 g/mol. The van der Waals surface area contributed by atoms with Gasteiger partial charge in [-0.1, -0.05) is 61.9 Å². The summed E-state index contributed by atoms with van der Waals surface area (Å²) in [5.41, 5.74) is 4.27. The number of urea groups is 1. The number of fused-ring (bicyclic) bond motifs is 4. The smallest absolute Gasteiger partial charge is 0.328 e. The highest BCUT2D eigenvalue weighted by Crippen LogP contribution is 2.43. The van der Waals surface area contributed by atoms with Gasteiger partial charge in [-0.25, -0.2) is 4.79 Å². The van der Waals surface area contributed by atoms with Crippen LogP contribution in [-0.2, 0) is 11.2 Å². The summed E-state index contributed by atoms with van der Waals surface area (Å²) < 4.78 is 0. The number of H-pyrrole nitrogens is 1. The molecule has 0 radical (unpaired) electrons. The number of hydrogen-bond donors (Lipinski definition) is 1. The van der Waals surface area contributed by atoms with Crippen molar-refractivity contribution >= 4 is 22.8 Å². The van der Waals surface area contributed by atoms with E-state index in [0.29, 0.717) is 13.0 Å². The number of imide groups is 1. The molecule has 3 aromatic rings. The molecule has 0 spiro atoms. The molecule has 0 bridgehead atoms. The molecule has 142 valence electrons. The number of para-hydroxylation sites is 1. The minimum Gasteiger partial charge on any atom is -0.356 e. The van der Waals surface area contributed by atoms with Crippen LogP contribution in [0.5, 0.6) is 0 Å². The zero-order valence-electron chi connectivity index (χ0n) is 15.9. The standard InChI is InChI=1S/C23H23N3O2/c1-2-3-13-25-22(27)19-14-17-16-11-7-8-12-18(16)24-20(17)21(26(19)23(25)28)15-9-5-4-6-10-15/h4-12,19,21,24H,2-3,13-14H2,1H3/t19-,21-/m0/s1. The van der Waals surface area contributed by atoms with Gasteiger partial charge in [0, 0.05) is 29.6 Å². The zero-order chi connectivity index (χ0) is 19.3. The van der Waals surface area contributed by atoms with Crippen molar-refractivity contribution in [3.63, 3.8) is 0 Å². The Hall–Kier alpha value is -3.08. The molecule has 0 saturated carbocycles. The van der Waals surface area contributed by atoms with Gasteiger partial charge in [0.15, 0.2) is 0 Å². The molecule has 5 nitrogen and oxygen atoms in total. The summed E-state index contributed by atoms with van der Waals surface area (Å²) in [5.74, 6) is -0.0599. The Labute approximate surface area is 163 Å². The van der Waals surface area contributed by atoms with Gasteiger partial charge in [-0.3, -0.25) is 14.6 Å². The van der Waals surface area contributed by atoms with Gasteiger partial charge in [0.25, 0.3) is 5.91 Å². The summed E-state index contributed by atoms with van der Waals surface area (Å²) in [6, 6.07) is 17.3. The molecule has 3 amide bonds. The van der Waals surface area contributed by atoms with Crippen LogP contribution in [0.2, 0.25) is 0 Å². The average molecular weight is 373 g/mol. The SMILES string of the molecule is CCCCN1C(=O)[C@@H]2Cc3c([nH]c4ccccc34)[C@H](c3ccccc3)N2C1=O.